The zero-order chi connectivity index (χ0) is 13.8. The van der Waals surface area contributed by atoms with Crippen LogP contribution in [0.1, 0.15) is 34.6 Å². The third-order valence-electron chi connectivity index (χ3n) is 3.42. The molecule has 1 rings (SSSR count). The molecule has 0 N–H and O–H groups in total. The molecule has 0 amide bonds. The molecule has 1 aliphatic rings. The van der Waals surface area contributed by atoms with E-state index in [-0.39, 0.29) is 5.41 Å². The second-order valence-corrected chi connectivity index (χ2v) is 4.98. The maximum absolute atomic E-state index is 3.98. The molecule has 0 saturated carbocycles. The van der Waals surface area contributed by atoms with Gasteiger partial charge in [0, 0.05) is 5.41 Å². The fourth-order valence-corrected chi connectivity index (χ4v) is 2.60. The summed E-state index contributed by atoms with van der Waals surface area (Å²) in [4.78, 5) is 0. The number of rotatable bonds is 4. The van der Waals surface area contributed by atoms with Crippen molar-refractivity contribution in [2.75, 3.05) is 0 Å². The average molecular weight is 240 g/mol. The monoisotopic (exact) mass is 240 g/mol. The summed E-state index contributed by atoms with van der Waals surface area (Å²) in [7, 11) is 0. The van der Waals surface area contributed by atoms with Crippen molar-refractivity contribution < 1.29 is 0 Å². The molecule has 0 bridgehead atoms. The fraction of sp³-hybridized carbons (Fsp3) is 0.333. The standard InChI is InChI=1S/C18H24/c1-7-11-15-14(10-4)16(12-8-2)18(5,6)17(15)13-9-3/h7-13H,4H2,1-3,5-6H3/b11-7-,12-8-,13-9-. The zero-order valence-corrected chi connectivity index (χ0v) is 12.2. The van der Waals surface area contributed by atoms with E-state index in [2.05, 4.69) is 77.7 Å². The largest absolute Gasteiger partial charge is 0.0984 e. The first-order chi connectivity index (χ1) is 8.54. The minimum atomic E-state index is 0.0391. The van der Waals surface area contributed by atoms with Gasteiger partial charge in [0.05, 0.1) is 0 Å². The number of hydrogen-bond donors (Lipinski definition) is 0. The van der Waals surface area contributed by atoms with Gasteiger partial charge in [-0.3, -0.25) is 0 Å². The Morgan fingerprint density at radius 2 is 1.22 bits per heavy atom. The lowest BCUT2D eigenvalue weighted by Gasteiger charge is -2.24. The van der Waals surface area contributed by atoms with Crippen LogP contribution >= 0.6 is 0 Å². The highest BCUT2D eigenvalue weighted by Gasteiger charge is 2.35. The minimum Gasteiger partial charge on any atom is -0.0984 e. The van der Waals surface area contributed by atoms with Gasteiger partial charge in [-0.1, -0.05) is 63.0 Å². The topological polar surface area (TPSA) is 0 Å². The van der Waals surface area contributed by atoms with Gasteiger partial charge in [0.2, 0.25) is 0 Å². The van der Waals surface area contributed by atoms with Crippen LogP contribution in [0.5, 0.6) is 0 Å². The highest BCUT2D eigenvalue weighted by atomic mass is 14.4. The van der Waals surface area contributed by atoms with Gasteiger partial charge in [0.25, 0.3) is 0 Å². The molecule has 0 unspecified atom stereocenters. The lowest BCUT2D eigenvalue weighted by Crippen LogP contribution is -2.13. The highest BCUT2D eigenvalue weighted by Crippen LogP contribution is 2.48. The minimum absolute atomic E-state index is 0.0391. The Hall–Kier alpha value is -1.56. The van der Waals surface area contributed by atoms with Crippen LogP contribution in [0, 0.1) is 5.41 Å². The van der Waals surface area contributed by atoms with Gasteiger partial charge in [0.15, 0.2) is 0 Å². The van der Waals surface area contributed by atoms with Crippen molar-refractivity contribution in [2.24, 2.45) is 5.41 Å². The van der Waals surface area contributed by atoms with Crippen molar-refractivity contribution in [2.45, 2.75) is 34.6 Å². The molecule has 0 nitrogen and oxygen atoms in total. The molecule has 0 aromatic carbocycles. The molecule has 0 heteroatoms. The summed E-state index contributed by atoms with van der Waals surface area (Å²) < 4.78 is 0. The molecule has 0 aliphatic heterocycles. The van der Waals surface area contributed by atoms with Crippen molar-refractivity contribution in [1.29, 1.82) is 0 Å². The van der Waals surface area contributed by atoms with Gasteiger partial charge in [-0.2, -0.15) is 0 Å². The van der Waals surface area contributed by atoms with Crippen LogP contribution in [-0.2, 0) is 0 Å². The Balaban J connectivity index is 3.59. The molecule has 0 radical (unpaired) electrons. The van der Waals surface area contributed by atoms with Crippen LogP contribution in [0.25, 0.3) is 0 Å². The van der Waals surface area contributed by atoms with Crippen molar-refractivity contribution in [3.05, 3.63) is 71.4 Å². The van der Waals surface area contributed by atoms with Crippen molar-refractivity contribution in [1.82, 2.24) is 0 Å². The van der Waals surface area contributed by atoms with E-state index in [0.717, 1.165) is 0 Å². The lowest BCUT2D eigenvalue weighted by molar-refractivity contribution is 0.575. The summed E-state index contributed by atoms with van der Waals surface area (Å²) in [5.41, 5.74) is 5.30. The van der Waals surface area contributed by atoms with E-state index in [1.165, 1.54) is 22.3 Å². The predicted molar refractivity (Wildman–Crippen MR) is 82.5 cm³/mol. The Bertz CT molecular complexity index is 474. The van der Waals surface area contributed by atoms with E-state index in [0.29, 0.717) is 0 Å². The Kier molecular flexibility index (Phi) is 4.72. The maximum atomic E-state index is 3.98. The van der Waals surface area contributed by atoms with Gasteiger partial charge < -0.3 is 0 Å². The van der Waals surface area contributed by atoms with Crippen LogP contribution < -0.4 is 0 Å². The predicted octanol–water partition coefficient (Wildman–Crippen LogP) is 5.53. The molecule has 0 heterocycles. The van der Waals surface area contributed by atoms with E-state index in [4.69, 9.17) is 0 Å². The first kappa shape index (κ1) is 14.5. The average Bonchev–Trinajstić information content (AvgIpc) is 2.52. The Morgan fingerprint density at radius 1 is 0.778 bits per heavy atom. The maximum Gasteiger partial charge on any atom is 0.0158 e. The number of allylic oxidation sites excluding steroid dienone is 11. The second-order valence-electron chi connectivity index (χ2n) is 4.98. The second kappa shape index (κ2) is 5.86. The van der Waals surface area contributed by atoms with Gasteiger partial charge in [0.1, 0.15) is 0 Å². The molecule has 0 spiro atoms. The molecular formula is C18H24. The SMILES string of the molecule is C=CC1=C(/C=C\C)C(C)(C)C(/C=C\C)=C1/C=C\C. The van der Waals surface area contributed by atoms with Crippen LogP contribution in [0.4, 0.5) is 0 Å². The first-order valence-corrected chi connectivity index (χ1v) is 6.54. The molecule has 0 aromatic heterocycles. The van der Waals surface area contributed by atoms with Crippen LogP contribution in [-0.4, -0.2) is 0 Å². The van der Waals surface area contributed by atoms with Gasteiger partial charge in [-0.15, -0.1) is 0 Å². The molecule has 0 atom stereocenters. The molecule has 1 aliphatic carbocycles. The van der Waals surface area contributed by atoms with Crippen molar-refractivity contribution in [3.8, 4) is 0 Å². The molecule has 0 fully saturated rings. The lowest BCUT2D eigenvalue weighted by atomic mass is 9.79. The van der Waals surface area contributed by atoms with Crippen molar-refractivity contribution in [3.63, 3.8) is 0 Å². The van der Waals surface area contributed by atoms with E-state index in [9.17, 15) is 0 Å². The summed E-state index contributed by atoms with van der Waals surface area (Å²) >= 11 is 0. The fourth-order valence-electron chi connectivity index (χ4n) is 2.60. The van der Waals surface area contributed by atoms with Crippen molar-refractivity contribution >= 4 is 0 Å². The molecule has 0 saturated heterocycles. The van der Waals surface area contributed by atoms with Gasteiger partial charge >= 0.3 is 0 Å². The van der Waals surface area contributed by atoms with Gasteiger partial charge in [-0.25, -0.2) is 0 Å². The van der Waals surface area contributed by atoms with Crippen LogP contribution in [0.3, 0.4) is 0 Å². The third-order valence-corrected chi connectivity index (χ3v) is 3.42. The number of hydrogen-bond acceptors (Lipinski definition) is 0. The molecular weight excluding hydrogens is 216 g/mol. The van der Waals surface area contributed by atoms with E-state index >= 15 is 0 Å². The van der Waals surface area contributed by atoms with E-state index in [1.807, 2.05) is 6.08 Å². The summed E-state index contributed by atoms with van der Waals surface area (Å²) in [6.07, 6.45) is 14.9. The Labute approximate surface area is 112 Å². The quantitative estimate of drug-likeness (QED) is 0.605. The Morgan fingerprint density at radius 3 is 1.61 bits per heavy atom. The van der Waals surface area contributed by atoms with Crippen LogP contribution in [0.15, 0.2) is 71.4 Å². The zero-order valence-electron chi connectivity index (χ0n) is 12.2. The summed E-state index contributed by atoms with van der Waals surface area (Å²) in [5, 5.41) is 0. The normalized spacial score (nSPS) is 20.1. The molecule has 96 valence electrons. The van der Waals surface area contributed by atoms with E-state index < -0.39 is 0 Å². The smallest absolute Gasteiger partial charge is 0.0158 e. The molecule has 18 heavy (non-hydrogen) atoms. The molecule has 0 aromatic rings. The van der Waals surface area contributed by atoms with Crippen LogP contribution in [0.2, 0.25) is 0 Å². The summed E-state index contributed by atoms with van der Waals surface area (Å²) in [6, 6.07) is 0. The highest BCUT2D eigenvalue weighted by molar-refractivity contribution is 5.66. The van der Waals surface area contributed by atoms with E-state index in [1.54, 1.807) is 0 Å². The first-order valence-electron chi connectivity index (χ1n) is 6.54. The summed E-state index contributed by atoms with van der Waals surface area (Å²) in [5.74, 6) is 0. The summed E-state index contributed by atoms with van der Waals surface area (Å²) in [6.45, 7) is 14.7. The third kappa shape index (κ3) is 2.33. The van der Waals surface area contributed by atoms with Gasteiger partial charge in [-0.05, 0) is 43.1 Å².